The van der Waals surface area contributed by atoms with E-state index in [1.807, 2.05) is 6.07 Å². The van der Waals surface area contributed by atoms with E-state index in [9.17, 15) is 10.1 Å². The van der Waals surface area contributed by atoms with Crippen LogP contribution in [0, 0.1) is 10.1 Å². The third-order valence-corrected chi connectivity index (χ3v) is 6.05. The minimum Gasteiger partial charge on any atom is -0.378 e. The molecular weight excluding hydrogens is 513 g/mol. The van der Waals surface area contributed by atoms with Gasteiger partial charge in [-0.3, -0.25) is 10.1 Å². The number of benzene rings is 1. The highest BCUT2D eigenvalue weighted by Gasteiger charge is 2.16. The summed E-state index contributed by atoms with van der Waals surface area (Å²) in [6, 6.07) is 6.81. The van der Waals surface area contributed by atoms with Crippen LogP contribution in [-0.4, -0.2) is 23.6 Å². The van der Waals surface area contributed by atoms with Crippen LogP contribution in [0.4, 0.5) is 11.4 Å². The number of nitrogens with one attached hydrogen (secondary N) is 2. The highest BCUT2D eigenvalue weighted by molar-refractivity contribution is 14.0. The van der Waals surface area contributed by atoms with Gasteiger partial charge >= 0.3 is 0 Å². The fourth-order valence-corrected chi connectivity index (χ4v) is 4.05. The lowest BCUT2D eigenvalue weighted by Gasteiger charge is -2.26. The highest BCUT2D eigenvalue weighted by atomic mass is 127. The summed E-state index contributed by atoms with van der Waals surface area (Å²) in [4.78, 5) is 10.7. The Hall–Kier alpha value is -0.890. The Bertz CT molecular complexity index is 596. The minimum atomic E-state index is -0.339. The van der Waals surface area contributed by atoms with Crippen LogP contribution in [0.2, 0.25) is 0 Å². The van der Waals surface area contributed by atoms with Crippen LogP contribution in [0.3, 0.4) is 0 Å². The van der Waals surface area contributed by atoms with E-state index >= 15 is 0 Å². The van der Waals surface area contributed by atoms with Crippen molar-refractivity contribution in [2.45, 2.75) is 116 Å². The number of nitro groups is 1. The van der Waals surface area contributed by atoms with Gasteiger partial charge in [0.25, 0.3) is 5.69 Å². The van der Waals surface area contributed by atoms with Crippen molar-refractivity contribution in [2.75, 3.05) is 18.4 Å². The molecular formula is C26H48IN3O2. The lowest BCUT2D eigenvalue weighted by molar-refractivity contribution is -0.384. The van der Waals surface area contributed by atoms with Gasteiger partial charge in [0.05, 0.1) is 4.92 Å². The van der Waals surface area contributed by atoms with E-state index in [2.05, 4.69) is 31.4 Å². The van der Waals surface area contributed by atoms with Gasteiger partial charge in [-0.1, -0.05) is 103 Å². The molecule has 1 rings (SSSR count). The molecule has 0 atom stereocenters. The number of hydrogen-bond donors (Lipinski definition) is 2. The predicted molar refractivity (Wildman–Crippen MR) is 149 cm³/mol. The highest BCUT2D eigenvalue weighted by Crippen LogP contribution is 2.23. The van der Waals surface area contributed by atoms with Crippen LogP contribution < -0.4 is 10.6 Å². The number of unbranched alkanes of at least 4 members (excludes halogenated alkanes) is 12. The van der Waals surface area contributed by atoms with E-state index in [1.54, 1.807) is 12.1 Å². The topological polar surface area (TPSA) is 67.2 Å². The standard InChI is InChI=1S/C26H47N3O2.HI/c1-4-5-6-7-8-9-10-11-12-13-14-15-18-21-26(2,3)28-23-22-27-24-19-16-17-20-25(24)29(30)31;/h16-17,19-20,27-28H,4-15,18,21-23H2,1-3H3;1H. The van der Waals surface area contributed by atoms with Crippen molar-refractivity contribution in [3.05, 3.63) is 34.4 Å². The summed E-state index contributed by atoms with van der Waals surface area (Å²) in [5, 5.41) is 17.8. The van der Waals surface area contributed by atoms with Crippen LogP contribution in [-0.2, 0) is 0 Å². The molecule has 0 bridgehead atoms. The van der Waals surface area contributed by atoms with E-state index in [0.717, 1.165) is 13.0 Å². The zero-order chi connectivity index (χ0) is 22.8. The van der Waals surface area contributed by atoms with Gasteiger partial charge in [-0.05, 0) is 26.3 Å². The Labute approximate surface area is 214 Å². The first-order valence-electron chi connectivity index (χ1n) is 12.7. The molecule has 0 radical (unpaired) electrons. The predicted octanol–water partition coefficient (Wildman–Crippen LogP) is 8.47. The zero-order valence-corrected chi connectivity index (χ0v) is 23.1. The second-order valence-corrected chi connectivity index (χ2v) is 9.50. The van der Waals surface area contributed by atoms with Crippen LogP contribution in [0.15, 0.2) is 24.3 Å². The van der Waals surface area contributed by atoms with E-state index in [0.29, 0.717) is 12.2 Å². The Morgan fingerprint density at radius 3 is 1.84 bits per heavy atom. The number of para-hydroxylation sites is 2. The molecule has 0 saturated carbocycles. The summed E-state index contributed by atoms with van der Waals surface area (Å²) in [6.45, 7) is 8.24. The van der Waals surface area contributed by atoms with Gasteiger partial charge in [-0.2, -0.15) is 0 Å². The molecule has 186 valence electrons. The summed E-state index contributed by atoms with van der Waals surface area (Å²) in [5.74, 6) is 0. The van der Waals surface area contributed by atoms with Crippen LogP contribution >= 0.6 is 24.0 Å². The van der Waals surface area contributed by atoms with Crippen LogP contribution in [0.25, 0.3) is 0 Å². The van der Waals surface area contributed by atoms with Crippen molar-refractivity contribution >= 4 is 35.4 Å². The smallest absolute Gasteiger partial charge is 0.292 e. The summed E-state index contributed by atoms with van der Waals surface area (Å²) in [5.41, 5.74) is 0.819. The van der Waals surface area contributed by atoms with E-state index in [4.69, 9.17) is 0 Å². The summed E-state index contributed by atoms with van der Waals surface area (Å²) >= 11 is 0. The van der Waals surface area contributed by atoms with Crippen molar-refractivity contribution in [2.24, 2.45) is 0 Å². The van der Waals surface area contributed by atoms with E-state index < -0.39 is 0 Å². The maximum Gasteiger partial charge on any atom is 0.292 e. The maximum atomic E-state index is 11.1. The normalized spacial score (nSPS) is 11.2. The molecule has 5 nitrogen and oxygen atoms in total. The number of nitro benzene ring substituents is 1. The van der Waals surface area contributed by atoms with Crippen molar-refractivity contribution in [3.63, 3.8) is 0 Å². The third-order valence-electron chi connectivity index (χ3n) is 6.05. The van der Waals surface area contributed by atoms with Gasteiger partial charge in [-0.15, -0.1) is 24.0 Å². The average Bonchev–Trinajstić information content (AvgIpc) is 2.74. The second-order valence-electron chi connectivity index (χ2n) is 9.50. The van der Waals surface area contributed by atoms with Crippen LogP contribution in [0.1, 0.15) is 111 Å². The van der Waals surface area contributed by atoms with Gasteiger partial charge in [0.1, 0.15) is 5.69 Å². The molecule has 0 spiro atoms. The van der Waals surface area contributed by atoms with E-state index in [-0.39, 0.29) is 40.1 Å². The Morgan fingerprint density at radius 1 is 0.812 bits per heavy atom. The molecule has 0 amide bonds. The fraction of sp³-hybridized carbons (Fsp3) is 0.769. The fourth-order valence-electron chi connectivity index (χ4n) is 4.05. The lowest BCUT2D eigenvalue weighted by Crippen LogP contribution is -2.41. The molecule has 0 heterocycles. The first-order valence-corrected chi connectivity index (χ1v) is 12.7. The van der Waals surface area contributed by atoms with Gasteiger partial charge in [0.15, 0.2) is 0 Å². The minimum absolute atomic E-state index is 0. The number of rotatable bonds is 20. The Balaban J connectivity index is 0.00000961. The first-order chi connectivity index (χ1) is 15.0. The van der Waals surface area contributed by atoms with Gasteiger partial charge < -0.3 is 10.6 Å². The van der Waals surface area contributed by atoms with Gasteiger partial charge in [0.2, 0.25) is 0 Å². The average molecular weight is 562 g/mol. The van der Waals surface area contributed by atoms with Gasteiger partial charge in [-0.25, -0.2) is 0 Å². The molecule has 2 N–H and O–H groups in total. The molecule has 6 heteroatoms. The first kappa shape index (κ1) is 31.1. The molecule has 1 aromatic carbocycles. The summed E-state index contributed by atoms with van der Waals surface area (Å²) in [6.07, 6.45) is 19.2. The van der Waals surface area contributed by atoms with Crippen LogP contribution in [0.5, 0.6) is 0 Å². The largest absolute Gasteiger partial charge is 0.378 e. The molecule has 0 aliphatic carbocycles. The lowest BCUT2D eigenvalue weighted by atomic mass is 9.96. The SMILES string of the molecule is CCCCCCCCCCCCCCCC(C)(C)NCCNc1ccccc1[N+](=O)[O-].I. The molecule has 0 aromatic heterocycles. The van der Waals surface area contributed by atoms with Crippen molar-refractivity contribution in [3.8, 4) is 0 Å². The monoisotopic (exact) mass is 561 g/mol. The number of nitrogens with zero attached hydrogens (tertiary/aromatic N) is 1. The number of hydrogen-bond acceptors (Lipinski definition) is 4. The molecule has 32 heavy (non-hydrogen) atoms. The van der Waals surface area contributed by atoms with Crippen molar-refractivity contribution < 1.29 is 4.92 Å². The van der Waals surface area contributed by atoms with Crippen molar-refractivity contribution in [1.29, 1.82) is 0 Å². The molecule has 0 fully saturated rings. The van der Waals surface area contributed by atoms with E-state index in [1.165, 1.54) is 89.5 Å². The zero-order valence-electron chi connectivity index (χ0n) is 20.8. The molecule has 1 aromatic rings. The molecule has 0 aliphatic heterocycles. The molecule has 0 aliphatic rings. The Kier molecular flexibility index (Phi) is 19.0. The molecule has 0 unspecified atom stereocenters. The summed E-state index contributed by atoms with van der Waals surface area (Å²) in [7, 11) is 0. The summed E-state index contributed by atoms with van der Waals surface area (Å²) < 4.78 is 0. The van der Waals surface area contributed by atoms with Crippen molar-refractivity contribution in [1.82, 2.24) is 5.32 Å². The number of anilines is 1. The maximum absolute atomic E-state index is 11.1. The Morgan fingerprint density at radius 2 is 1.31 bits per heavy atom. The quantitative estimate of drug-likeness (QED) is 0.0725. The number of halogens is 1. The van der Waals surface area contributed by atoms with Gasteiger partial charge in [0, 0.05) is 24.7 Å². The third kappa shape index (κ3) is 15.8. The molecule has 0 saturated heterocycles. The second kappa shape index (κ2) is 19.6.